The van der Waals surface area contributed by atoms with E-state index in [9.17, 15) is 9.59 Å². The average Bonchev–Trinajstić information content (AvgIpc) is 2.70. The predicted octanol–water partition coefficient (Wildman–Crippen LogP) is 6.61. The summed E-state index contributed by atoms with van der Waals surface area (Å²) in [7, 11) is 0. The minimum atomic E-state index is -0.116. The molecule has 5 heteroatoms. The molecule has 0 saturated carbocycles. The molecule has 0 aromatic heterocycles. The molecule has 0 unspecified atom stereocenters. The summed E-state index contributed by atoms with van der Waals surface area (Å²) >= 11 is 5.51. The van der Waals surface area contributed by atoms with Gasteiger partial charge in [-0.05, 0) is 25.1 Å². The van der Waals surface area contributed by atoms with Crippen molar-refractivity contribution in [2.45, 2.75) is 123 Å². The molecule has 1 aliphatic heterocycles. The molecule has 0 aromatic carbocycles. The van der Waals surface area contributed by atoms with Crippen molar-refractivity contribution in [2.24, 2.45) is 0 Å². The lowest BCUT2D eigenvalue weighted by molar-refractivity contribution is -0.140. The number of carbonyl (C=O) groups excluding carboxylic acids is 2. The number of unbranched alkanes of at least 4 members (excludes halogenated alkanes) is 14. The van der Waals surface area contributed by atoms with Gasteiger partial charge in [0.2, 0.25) is 11.8 Å². The largest absolute Gasteiger partial charge is 0.288 e. The fraction of sp³-hybridized carbons (Fsp3) is 0.875. The van der Waals surface area contributed by atoms with Gasteiger partial charge >= 0.3 is 0 Å². The Balaban J connectivity index is 2.23. The molecule has 0 N–H and O–H groups in total. The van der Waals surface area contributed by atoms with Crippen LogP contribution in [0.3, 0.4) is 0 Å². The van der Waals surface area contributed by atoms with Crippen molar-refractivity contribution in [1.29, 1.82) is 0 Å². The zero-order valence-electron chi connectivity index (χ0n) is 19.1. The summed E-state index contributed by atoms with van der Waals surface area (Å²) < 4.78 is 0. The van der Waals surface area contributed by atoms with Gasteiger partial charge in [-0.15, -0.1) is 0 Å². The maximum absolute atomic E-state index is 12.3. The normalized spacial score (nSPS) is 14.9. The fourth-order valence-corrected chi connectivity index (χ4v) is 4.31. The fourth-order valence-electron chi connectivity index (χ4n) is 3.93. The Hall–Kier alpha value is -0.970. The van der Waals surface area contributed by atoms with Crippen molar-refractivity contribution in [3.8, 4) is 0 Å². The SMILES string of the molecule is CCCCCCCCCCN1C(=O)CC(=O)N(CCCCCCCCCC)C1=S. The molecule has 1 heterocycles. The molecule has 0 bridgehead atoms. The Morgan fingerprint density at radius 1 is 0.586 bits per heavy atom. The molecule has 0 atom stereocenters. The quantitative estimate of drug-likeness (QED) is 0.141. The van der Waals surface area contributed by atoms with Crippen molar-refractivity contribution in [3.05, 3.63) is 0 Å². The minimum Gasteiger partial charge on any atom is -0.288 e. The van der Waals surface area contributed by atoms with Crippen LogP contribution in [0.4, 0.5) is 0 Å². The van der Waals surface area contributed by atoms with Crippen LogP contribution in [0.25, 0.3) is 0 Å². The second kappa shape index (κ2) is 16.8. The van der Waals surface area contributed by atoms with Gasteiger partial charge in [0.15, 0.2) is 5.11 Å². The molecule has 0 aromatic rings. The van der Waals surface area contributed by atoms with E-state index in [0.717, 1.165) is 25.7 Å². The van der Waals surface area contributed by atoms with Gasteiger partial charge in [0.05, 0.1) is 0 Å². The molecule has 2 amide bonds. The molecule has 4 nitrogen and oxygen atoms in total. The number of hydrogen-bond donors (Lipinski definition) is 0. The first-order valence-corrected chi connectivity index (χ1v) is 12.7. The third-order valence-electron chi connectivity index (χ3n) is 5.84. The van der Waals surface area contributed by atoms with Crippen molar-refractivity contribution in [2.75, 3.05) is 13.1 Å². The first-order valence-electron chi connectivity index (χ1n) is 12.3. The summed E-state index contributed by atoms with van der Waals surface area (Å²) in [6.07, 6.45) is 19.7. The van der Waals surface area contributed by atoms with Gasteiger partial charge in [0.1, 0.15) is 6.42 Å². The highest BCUT2D eigenvalue weighted by molar-refractivity contribution is 7.80. The second-order valence-corrected chi connectivity index (χ2v) is 8.86. The summed E-state index contributed by atoms with van der Waals surface area (Å²) in [5.41, 5.74) is 0. The van der Waals surface area contributed by atoms with Gasteiger partial charge in [0.25, 0.3) is 0 Å². The lowest BCUT2D eigenvalue weighted by Crippen LogP contribution is -2.55. The van der Waals surface area contributed by atoms with E-state index in [0.29, 0.717) is 18.2 Å². The van der Waals surface area contributed by atoms with E-state index in [2.05, 4.69) is 13.8 Å². The second-order valence-electron chi connectivity index (χ2n) is 8.50. The van der Waals surface area contributed by atoms with E-state index in [-0.39, 0.29) is 18.2 Å². The first kappa shape index (κ1) is 26.1. The number of hydrogen-bond acceptors (Lipinski definition) is 3. The molecule has 168 valence electrons. The van der Waals surface area contributed by atoms with Crippen LogP contribution >= 0.6 is 12.2 Å². The Morgan fingerprint density at radius 2 is 0.897 bits per heavy atom. The van der Waals surface area contributed by atoms with E-state index in [1.165, 1.54) is 77.0 Å². The van der Waals surface area contributed by atoms with Gasteiger partial charge in [-0.1, -0.05) is 104 Å². The summed E-state index contributed by atoms with van der Waals surface area (Å²) in [6, 6.07) is 0. The molecule has 0 radical (unpaired) electrons. The molecule has 1 rings (SSSR count). The third-order valence-corrected chi connectivity index (χ3v) is 6.28. The molecule has 0 spiro atoms. The van der Waals surface area contributed by atoms with Gasteiger partial charge < -0.3 is 0 Å². The first-order chi connectivity index (χ1) is 14.1. The van der Waals surface area contributed by atoms with Crippen LogP contribution < -0.4 is 0 Å². The zero-order valence-corrected chi connectivity index (χ0v) is 19.9. The van der Waals surface area contributed by atoms with Crippen LogP contribution in [-0.2, 0) is 9.59 Å². The summed E-state index contributed by atoms with van der Waals surface area (Å²) in [4.78, 5) is 27.9. The van der Waals surface area contributed by atoms with E-state index >= 15 is 0 Å². The molecular weight excluding hydrogens is 380 g/mol. The average molecular weight is 425 g/mol. The van der Waals surface area contributed by atoms with Gasteiger partial charge in [-0.2, -0.15) is 0 Å². The summed E-state index contributed by atoms with van der Waals surface area (Å²) in [6.45, 7) is 5.80. The number of carbonyl (C=O) groups is 2. The standard InChI is InChI=1S/C24H44N2O2S/c1-3-5-7-9-11-13-15-17-19-25-22(27)21-23(28)26(24(25)29)20-18-16-14-12-10-8-6-4-2/h3-21H2,1-2H3. The topological polar surface area (TPSA) is 40.6 Å². The molecule has 29 heavy (non-hydrogen) atoms. The molecule has 1 aliphatic rings. The molecule has 0 aliphatic carbocycles. The van der Waals surface area contributed by atoms with Crippen LogP contribution in [-0.4, -0.2) is 39.8 Å². The molecule has 1 fully saturated rings. The number of thiocarbonyl (C=S) groups is 1. The third kappa shape index (κ3) is 11.1. The maximum Gasteiger partial charge on any atom is 0.238 e. The Morgan fingerprint density at radius 3 is 1.24 bits per heavy atom. The van der Waals surface area contributed by atoms with Crippen LogP contribution in [0.15, 0.2) is 0 Å². The summed E-state index contributed by atoms with van der Waals surface area (Å²) in [5, 5.41) is 0.442. The predicted molar refractivity (Wildman–Crippen MR) is 126 cm³/mol. The van der Waals surface area contributed by atoms with Crippen molar-refractivity contribution < 1.29 is 9.59 Å². The lowest BCUT2D eigenvalue weighted by Gasteiger charge is -2.35. The zero-order chi connectivity index (χ0) is 21.3. The van der Waals surface area contributed by atoms with Crippen molar-refractivity contribution in [1.82, 2.24) is 9.80 Å². The van der Waals surface area contributed by atoms with Crippen LogP contribution in [0.1, 0.15) is 123 Å². The van der Waals surface area contributed by atoms with Crippen molar-refractivity contribution >= 4 is 29.1 Å². The highest BCUT2D eigenvalue weighted by Gasteiger charge is 2.34. The van der Waals surface area contributed by atoms with Crippen LogP contribution in [0.2, 0.25) is 0 Å². The molecule has 1 saturated heterocycles. The lowest BCUT2D eigenvalue weighted by atomic mass is 10.1. The van der Waals surface area contributed by atoms with E-state index in [4.69, 9.17) is 12.2 Å². The highest BCUT2D eigenvalue weighted by Crippen LogP contribution is 2.17. The van der Waals surface area contributed by atoms with Crippen LogP contribution in [0.5, 0.6) is 0 Å². The Kier molecular flexibility index (Phi) is 15.1. The maximum atomic E-state index is 12.3. The number of nitrogens with zero attached hydrogens (tertiary/aromatic N) is 2. The van der Waals surface area contributed by atoms with E-state index < -0.39 is 0 Å². The summed E-state index contributed by atoms with van der Waals surface area (Å²) in [5.74, 6) is -0.231. The minimum absolute atomic E-state index is 0.0197. The highest BCUT2D eigenvalue weighted by atomic mass is 32.1. The number of amides is 2. The van der Waals surface area contributed by atoms with Crippen molar-refractivity contribution in [3.63, 3.8) is 0 Å². The number of rotatable bonds is 18. The van der Waals surface area contributed by atoms with Crippen LogP contribution in [0, 0.1) is 0 Å². The smallest absolute Gasteiger partial charge is 0.238 e. The van der Waals surface area contributed by atoms with E-state index in [1.54, 1.807) is 9.80 Å². The van der Waals surface area contributed by atoms with Gasteiger partial charge in [-0.3, -0.25) is 19.4 Å². The van der Waals surface area contributed by atoms with E-state index in [1.807, 2.05) is 0 Å². The molecular formula is C24H44N2O2S. The van der Waals surface area contributed by atoms with Gasteiger partial charge in [-0.25, -0.2) is 0 Å². The van der Waals surface area contributed by atoms with Gasteiger partial charge in [0, 0.05) is 13.1 Å². The monoisotopic (exact) mass is 424 g/mol. The Bertz CT molecular complexity index is 442. The Labute approximate surface area is 184 Å².